The summed E-state index contributed by atoms with van der Waals surface area (Å²) in [6.45, 7) is 5.38. The summed E-state index contributed by atoms with van der Waals surface area (Å²) in [4.78, 5) is 12.4. The molecule has 0 unspecified atom stereocenters. The van der Waals surface area contributed by atoms with E-state index < -0.39 is 21.5 Å². The Bertz CT molecular complexity index is 683. The summed E-state index contributed by atoms with van der Waals surface area (Å²) in [5.41, 5.74) is 5.44. The third kappa shape index (κ3) is 6.01. The van der Waals surface area contributed by atoms with Crippen LogP contribution in [0.4, 0.5) is 4.79 Å². The average Bonchev–Trinajstić information content (AvgIpc) is 2.49. The first-order valence-corrected chi connectivity index (χ1v) is 10.2. The lowest BCUT2D eigenvalue weighted by atomic mass is 9.83. The van der Waals surface area contributed by atoms with Gasteiger partial charge in [-0.1, -0.05) is 18.2 Å². The lowest BCUT2D eigenvalue weighted by molar-refractivity contribution is 0.0470. The van der Waals surface area contributed by atoms with Crippen LogP contribution in [0.1, 0.15) is 40.0 Å². The summed E-state index contributed by atoms with van der Waals surface area (Å²) < 4.78 is 30.7. The molecule has 3 N–H and O–H groups in total. The highest BCUT2D eigenvalue weighted by Gasteiger charge is 2.34. The molecule has 0 spiro atoms. The minimum absolute atomic E-state index is 0.0365. The van der Waals surface area contributed by atoms with E-state index in [-0.39, 0.29) is 23.8 Å². The number of hydrogen-bond acceptors (Lipinski definition) is 5. The van der Waals surface area contributed by atoms with Crippen molar-refractivity contribution in [1.82, 2.24) is 5.32 Å². The smallest absolute Gasteiger partial charge is 0.407 e. The zero-order chi connectivity index (χ0) is 18.7. The lowest BCUT2D eigenvalue weighted by Crippen LogP contribution is -2.49. The molecule has 1 saturated carbocycles. The summed E-state index contributed by atoms with van der Waals surface area (Å²) in [7, 11) is -3.43. The number of carbonyl (C=O) groups is 1. The predicted molar refractivity (Wildman–Crippen MR) is 97.0 cm³/mol. The minimum atomic E-state index is -3.43. The Balaban J connectivity index is 2.10. The van der Waals surface area contributed by atoms with Gasteiger partial charge in [0.15, 0.2) is 9.84 Å². The molecule has 0 heterocycles. The van der Waals surface area contributed by atoms with E-state index >= 15 is 0 Å². The van der Waals surface area contributed by atoms with Crippen molar-refractivity contribution < 1.29 is 17.9 Å². The van der Waals surface area contributed by atoms with Crippen molar-refractivity contribution in [2.24, 2.45) is 11.7 Å². The molecule has 1 aromatic rings. The summed E-state index contributed by atoms with van der Waals surface area (Å²) in [5, 5.41) is 2.84. The molecule has 0 radical (unpaired) electrons. The molecule has 0 bridgehead atoms. The third-order valence-electron chi connectivity index (χ3n) is 4.26. The second kappa shape index (κ2) is 7.74. The van der Waals surface area contributed by atoms with Gasteiger partial charge in [0.2, 0.25) is 0 Å². The zero-order valence-electron chi connectivity index (χ0n) is 15.1. The average molecular weight is 368 g/mol. The number of hydrogen-bond donors (Lipinski definition) is 2. The Morgan fingerprint density at radius 1 is 1.24 bits per heavy atom. The number of rotatable bonds is 4. The highest BCUT2D eigenvalue weighted by Crippen LogP contribution is 2.27. The van der Waals surface area contributed by atoms with Crippen molar-refractivity contribution in [3.63, 3.8) is 0 Å². The molecule has 3 atom stereocenters. The van der Waals surface area contributed by atoms with Crippen LogP contribution >= 0.6 is 0 Å². The number of nitrogens with two attached hydrogens (primary N) is 1. The first kappa shape index (κ1) is 19.7. The van der Waals surface area contributed by atoms with E-state index in [0.717, 1.165) is 6.42 Å². The van der Waals surface area contributed by atoms with E-state index in [4.69, 9.17) is 10.5 Å². The fourth-order valence-electron chi connectivity index (χ4n) is 3.14. The molecule has 2 rings (SSSR count). The molecular weight excluding hydrogens is 340 g/mol. The number of nitrogens with one attached hydrogen (secondary N) is 1. The van der Waals surface area contributed by atoms with E-state index in [1.54, 1.807) is 51.1 Å². The van der Waals surface area contributed by atoms with E-state index in [9.17, 15) is 13.2 Å². The van der Waals surface area contributed by atoms with Crippen LogP contribution in [0.3, 0.4) is 0 Å². The van der Waals surface area contributed by atoms with Gasteiger partial charge in [-0.2, -0.15) is 0 Å². The van der Waals surface area contributed by atoms with Gasteiger partial charge in [0.1, 0.15) is 5.60 Å². The number of benzene rings is 1. The molecule has 25 heavy (non-hydrogen) atoms. The van der Waals surface area contributed by atoms with Gasteiger partial charge in [-0.25, -0.2) is 13.2 Å². The molecule has 140 valence electrons. The van der Waals surface area contributed by atoms with Crippen LogP contribution in [0.5, 0.6) is 0 Å². The number of carbonyl (C=O) groups excluding carboxylic acids is 1. The quantitative estimate of drug-likeness (QED) is 0.851. The summed E-state index contributed by atoms with van der Waals surface area (Å²) in [6.07, 6.45) is 1.44. The normalized spacial score (nSPS) is 24.6. The monoisotopic (exact) mass is 368 g/mol. The fourth-order valence-corrected chi connectivity index (χ4v) is 4.84. The van der Waals surface area contributed by atoms with E-state index in [1.807, 2.05) is 0 Å². The van der Waals surface area contributed by atoms with E-state index in [0.29, 0.717) is 17.7 Å². The van der Waals surface area contributed by atoms with Gasteiger partial charge < -0.3 is 15.8 Å². The Morgan fingerprint density at radius 3 is 2.48 bits per heavy atom. The van der Waals surface area contributed by atoms with Gasteiger partial charge in [0, 0.05) is 12.1 Å². The van der Waals surface area contributed by atoms with Crippen molar-refractivity contribution in [1.29, 1.82) is 0 Å². The minimum Gasteiger partial charge on any atom is -0.444 e. The molecule has 6 nitrogen and oxygen atoms in total. The molecule has 1 amide bonds. The van der Waals surface area contributed by atoms with E-state index in [2.05, 4.69) is 5.32 Å². The summed E-state index contributed by atoms with van der Waals surface area (Å²) in [6, 6.07) is 8.07. The maximum atomic E-state index is 12.7. The van der Waals surface area contributed by atoms with Crippen molar-refractivity contribution in [3.05, 3.63) is 30.3 Å². The molecule has 1 aromatic carbocycles. The molecule has 1 fully saturated rings. The second-order valence-corrected chi connectivity index (χ2v) is 9.71. The van der Waals surface area contributed by atoms with Crippen molar-refractivity contribution in [3.8, 4) is 0 Å². The van der Waals surface area contributed by atoms with Crippen LogP contribution in [-0.2, 0) is 14.6 Å². The summed E-state index contributed by atoms with van der Waals surface area (Å²) >= 11 is 0. The Labute approximate surface area is 150 Å². The van der Waals surface area contributed by atoms with Crippen LogP contribution in [-0.4, -0.2) is 37.9 Å². The first-order chi connectivity index (χ1) is 11.6. The molecular formula is C18H28N2O4S. The number of alkyl carbamates (subject to hydrolysis) is 1. The van der Waals surface area contributed by atoms with Gasteiger partial charge in [-0.15, -0.1) is 0 Å². The van der Waals surface area contributed by atoms with Gasteiger partial charge in [0.25, 0.3) is 0 Å². The molecule has 0 aromatic heterocycles. The zero-order valence-corrected chi connectivity index (χ0v) is 15.9. The van der Waals surface area contributed by atoms with Gasteiger partial charge in [-0.3, -0.25) is 0 Å². The molecule has 1 aliphatic rings. The molecule has 7 heteroatoms. The Hall–Kier alpha value is -1.60. The third-order valence-corrected chi connectivity index (χ3v) is 6.12. The van der Waals surface area contributed by atoms with Crippen LogP contribution in [0.25, 0.3) is 0 Å². The highest BCUT2D eigenvalue weighted by atomic mass is 32.2. The van der Waals surface area contributed by atoms with Crippen molar-refractivity contribution in [2.45, 2.75) is 62.6 Å². The highest BCUT2D eigenvalue weighted by molar-refractivity contribution is 7.91. The van der Waals surface area contributed by atoms with Crippen LogP contribution < -0.4 is 11.1 Å². The first-order valence-electron chi connectivity index (χ1n) is 8.60. The van der Waals surface area contributed by atoms with Crippen LogP contribution in [0.15, 0.2) is 35.2 Å². The Morgan fingerprint density at radius 2 is 1.88 bits per heavy atom. The fraction of sp³-hybridized carbons (Fsp3) is 0.611. The van der Waals surface area contributed by atoms with Crippen molar-refractivity contribution in [2.75, 3.05) is 5.75 Å². The second-order valence-electron chi connectivity index (χ2n) is 7.68. The van der Waals surface area contributed by atoms with Gasteiger partial charge >= 0.3 is 6.09 Å². The maximum Gasteiger partial charge on any atom is 0.407 e. The molecule has 1 aliphatic carbocycles. The largest absolute Gasteiger partial charge is 0.444 e. The lowest BCUT2D eigenvalue weighted by Gasteiger charge is -2.35. The molecule has 0 aliphatic heterocycles. The maximum absolute atomic E-state index is 12.7. The van der Waals surface area contributed by atoms with Crippen LogP contribution in [0, 0.1) is 5.92 Å². The van der Waals surface area contributed by atoms with E-state index in [1.165, 1.54) is 0 Å². The molecule has 0 saturated heterocycles. The topological polar surface area (TPSA) is 98.5 Å². The Kier molecular flexibility index (Phi) is 6.11. The number of ether oxygens (including phenoxy) is 1. The standard InChI is InChI=1S/C18H28N2O4S/c1-18(2,3)24-17(21)20-16-10-9-14(19)11-13(16)12-25(22,23)15-7-5-4-6-8-15/h4-8,13-14,16H,9-12,19H2,1-3H3,(H,20,21)/t13-,14+,16-/m0/s1. The number of amides is 1. The van der Waals surface area contributed by atoms with Gasteiger partial charge in [0.05, 0.1) is 10.6 Å². The van der Waals surface area contributed by atoms with Gasteiger partial charge in [-0.05, 0) is 58.1 Å². The summed E-state index contributed by atoms with van der Waals surface area (Å²) in [5.74, 6) is -0.271. The number of sulfone groups is 1. The van der Waals surface area contributed by atoms with Crippen LogP contribution in [0.2, 0.25) is 0 Å². The van der Waals surface area contributed by atoms with Crippen molar-refractivity contribution >= 4 is 15.9 Å². The SMILES string of the molecule is CC(C)(C)OC(=O)N[C@H]1CC[C@@H](N)C[C@H]1CS(=O)(=O)c1ccccc1. The predicted octanol–water partition coefficient (Wildman–Crippen LogP) is 2.48.